The first-order valence-electron chi connectivity index (χ1n) is 7.57. The van der Waals surface area contributed by atoms with Crippen LogP contribution in [0.2, 0.25) is 5.02 Å². The normalized spacial score (nSPS) is 13.8. The molecule has 0 bridgehead atoms. The number of nitrogens with zero attached hydrogens (tertiary/aromatic N) is 1. The van der Waals surface area contributed by atoms with Crippen LogP contribution in [0.5, 0.6) is 0 Å². The van der Waals surface area contributed by atoms with Crippen LogP contribution in [0.3, 0.4) is 0 Å². The first-order valence-corrected chi connectivity index (χ1v) is 7.95. The molecule has 0 atom stereocenters. The second-order valence-corrected chi connectivity index (χ2v) is 6.06. The summed E-state index contributed by atoms with van der Waals surface area (Å²) in [6.07, 6.45) is 3.14. The molecular weight excluding hydrogens is 296 g/mol. The Morgan fingerprint density at radius 3 is 2.73 bits per heavy atom. The average Bonchev–Trinajstić information content (AvgIpc) is 2.54. The van der Waals surface area contributed by atoms with Gasteiger partial charge in [0.05, 0.1) is 0 Å². The maximum Gasteiger partial charge on any atom is 0.227 e. The van der Waals surface area contributed by atoms with Crippen molar-refractivity contribution in [1.82, 2.24) is 0 Å². The molecule has 0 radical (unpaired) electrons. The molecule has 3 rings (SSSR count). The smallest absolute Gasteiger partial charge is 0.227 e. The molecule has 3 nitrogen and oxygen atoms in total. The average molecular weight is 315 g/mol. The van der Waals surface area contributed by atoms with Crippen LogP contribution >= 0.6 is 11.6 Å². The zero-order chi connectivity index (χ0) is 15.5. The molecule has 1 amide bonds. The molecule has 0 spiro atoms. The fraction of sp³-hybridized carbons (Fsp3) is 0.278. The lowest BCUT2D eigenvalue weighted by atomic mass is 9.99. The van der Waals surface area contributed by atoms with E-state index >= 15 is 0 Å². The minimum atomic E-state index is 0.154. The van der Waals surface area contributed by atoms with Crippen molar-refractivity contribution in [3.63, 3.8) is 0 Å². The van der Waals surface area contributed by atoms with Gasteiger partial charge in [-0.2, -0.15) is 0 Å². The van der Waals surface area contributed by atoms with Gasteiger partial charge in [0.15, 0.2) is 0 Å². The van der Waals surface area contributed by atoms with Crippen molar-refractivity contribution in [3.8, 4) is 0 Å². The number of amides is 1. The monoisotopic (exact) mass is 314 g/mol. The summed E-state index contributed by atoms with van der Waals surface area (Å²) in [6, 6.07) is 13.5. The van der Waals surface area contributed by atoms with E-state index in [2.05, 4.69) is 0 Å². The van der Waals surface area contributed by atoms with Gasteiger partial charge in [0.25, 0.3) is 0 Å². The van der Waals surface area contributed by atoms with Gasteiger partial charge in [-0.15, -0.1) is 0 Å². The van der Waals surface area contributed by atoms with Crippen molar-refractivity contribution < 1.29 is 4.79 Å². The molecule has 2 aromatic rings. The summed E-state index contributed by atoms with van der Waals surface area (Å²) < 4.78 is 0. The van der Waals surface area contributed by atoms with E-state index in [4.69, 9.17) is 17.3 Å². The Morgan fingerprint density at radius 2 is 1.95 bits per heavy atom. The minimum Gasteiger partial charge on any atom is -0.398 e. The van der Waals surface area contributed by atoms with Crippen molar-refractivity contribution in [2.75, 3.05) is 17.2 Å². The highest BCUT2D eigenvalue weighted by atomic mass is 35.5. The lowest BCUT2D eigenvalue weighted by Gasteiger charge is -2.30. The van der Waals surface area contributed by atoms with Crippen LogP contribution in [0.1, 0.15) is 24.0 Å². The van der Waals surface area contributed by atoms with Gasteiger partial charge in [-0.3, -0.25) is 4.79 Å². The molecule has 0 fully saturated rings. The summed E-state index contributed by atoms with van der Waals surface area (Å²) in [5.41, 5.74) is 10.0. The lowest BCUT2D eigenvalue weighted by molar-refractivity contribution is -0.118. The first-order chi connectivity index (χ1) is 10.6. The molecule has 22 heavy (non-hydrogen) atoms. The Morgan fingerprint density at radius 1 is 1.18 bits per heavy atom. The molecule has 4 heteroatoms. The third-order valence-electron chi connectivity index (χ3n) is 4.13. The maximum atomic E-state index is 12.6. The van der Waals surface area contributed by atoms with Gasteiger partial charge >= 0.3 is 0 Å². The highest BCUT2D eigenvalue weighted by Crippen LogP contribution is 2.31. The number of rotatable bonds is 3. The number of halogens is 1. The summed E-state index contributed by atoms with van der Waals surface area (Å²) in [5.74, 6) is 0.154. The predicted molar refractivity (Wildman–Crippen MR) is 91.3 cm³/mol. The van der Waals surface area contributed by atoms with Crippen LogP contribution in [0.15, 0.2) is 42.5 Å². The van der Waals surface area contributed by atoms with Gasteiger partial charge in [-0.25, -0.2) is 0 Å². The van der Waals surface area contributed by atoms with Crippen LogP contribution in [0, 0.1) is 0 Å². The van der Waals surface area contributed by atoms with E-state index in [1.54, 1.807) is 0 Å². The molecule has 2 aromatic carbocycles. The summed E-state index contributed by atoms with van der Waals surface area (Å²) in [5, 5.41) is 0.718. The standard InChI is InChI=1S/C18H19ClN2O/c19-14-9-6-13(7-10-14)8-11-18(22)21-12-2-3-15-16(20)4-1-5-17(15)21/h1,4-7,9-10H,2-3,8,11-12,20H2. The fourth-order valence-corrected chi connectivity index (χ4v) is 3.07. The number of carbonyl (C=O) groups is 1. The molecule has 2 N–H and O–H groups in total. The van der Waals surface area contributed by atoms with Crippen molar-refractivity contribution in [3.05, 3.63) is 58.6 Å². The number of nitrogen functional groups attached to an aromatic ring is 1. The third kappa shape index (κ3) is 3.09. The van der Waals surface area contributed by atoms with E-state index in [9.17, 15) is 4.79 Å². The molecule has 0 saturated heterocycles. The van der Waals surface area contributed by atoms with Crippen molar-refractivity contribution in [2.45, 2.75) is 25.7 Å². The zero-order valence-corrected chi connectivity index (χ0v) is 13.1. The van der Waals surface area contributed by atoms with E-state index in [0.29, 0.717) is 6.42 Å². The Kier molecular flexibility index (Phi) is 4.34. The topological polar surface area (TPSA) is 46.3 Å². The second-order valence-electron chi connectivity index (χ2n) is 5.62. The van der Waals surface area contributed by atoms with E-state index in [0.717, 1.165) is 53.3 Å². The number of fused-ring (bicyclic) bond motifs is 1. The van der Waals surface area contributed by atoms with Gasteiger partial charge in [0.2, 0.25) is 5.91 Å². The zero-order valence-electron chi connectivity index (χ0n) is 12.4. The second kappa shape index (κ2) is 6.41. The quantitative estimate of drug-likeness (QED) is 0.875. The summed E-state index contributed by atoms with van der Waals surface area (Å²) in [6.45, 7) is 0.774. The van der Waals surface area contributed by atoms with Gasteiger partial charge in [-0.05, 0) is 54.7 Å². The van der Waals surface area contributed by atoms with Gasteiger partial charge in [0.1, 0.15) is 0 Å². The lowest BCUT2D eigenvalue weighted by Crippen LogP contribution is -2.35. The van der Waals surface area contributed by atoms with Crippen molar-refractivity contribution in [1.29, 1.82) is 0 Å². The number of hydrogen-bond acceptors (Lipinski definition) is 2. The van der Waals surface area contributed by atoms with Crippen molar-refractivity contribution >= 4 is 28.9 Å². The van der Waals surface area contributed by atoms with Crippen LogP contribution < -0.4 is 10.6 Å². The van der Waals surface area contributed by atoms with Crippen LogP contribution in [0.4, 0.5) is 11.4 Å². The number of nitrogens with two attached hydrogens (primary N) is 1. The number of aryl methyl sites for hydroxylation is 1. The fourth-order valence-electron chi connectivity index (χ4n) is 2.95. The maximum absolute atomic E-state index is 12.6. The largest absolute Gasteiger partial charge is 0.398 e. The van der Waals surface area contributed by atoms with E-state index in [1.165, 1.54) is 0 Å². The van der Waals surface area contributed by atoms with Gasteiger partial charge in [-0.1, -0.05) is 29.8 Å². The number of carbonyl (C=O) groups excluding carboxylic acids is 1. The Balaban J connectivity index is 1.71. The highest BCUT2D eigenvalue weighted by Gasteiger charge is 2.23. The van der Waals surface area contributed by atoms with Crippen LogP contribution in [-0.2, 0) is 17.6 Å². The van der Waals surface area contributed by atoms with E-state index in [-0.39, 0.29) is 5.91 Å². The number of anilines is 2. The number of hydrogen-bond donors (Lipinski definition) is 1. The summed E-state index contributed by atoms with van der Waals surface area (Å²) in [4.78, 5) is 14.5. The molecule has 1 aliphatic rings. The molecule has 0 saturated carbocycles. The van der Waals surface area contributed by atoms with Crippen LogP contribution in [-0.4, -0.2) is 12.5 Å². The molecule has 1 heterocycles. The first kappa shape index (κ1) is 14.9. The van der Waals surface area contributed by atoms with Crippen LogP contribution in [0.25, 0.3) is 0 Å². The molecule has 114 valence electrons. The molecule has 0 aliphatic carbocycles. The summed E-state index contributed by atoms with van der Waals surface area (Å²) >= 11 is 5.88. The Bertz CT molecular complexity index is 682. The predicted octanol–water partition coefficient (Wildman–Crippen LogP) is 3.83. The van der Waals surface area contributed by atoms with Gasteiger partial charge in [0, 0.05) is 29.4 Å². The Hall–Kier alpha value is -2.00. The number of benzene rings is 2. The minimum absolute atomic E-state index is 0.154. The Labute approximate surface area is 135 Å². The van der Waals surface area contributed by atoms with Crippen molar-refractivity contribution in [2.24, 2.45) is 0 Å². The third-order valence-corrected chi connectivity index (χ3v) is 4.38. The van der Waals surface area contributed by atoms with E-state index < -0.39 is 0 Å². The molecular formula is C18H19ClN2O. The SMILES string of the molecule is Nc1cccc2c1CCCN2C(=O)CCc1ccc(Cl)cc1. The highest BCUT2D eigenvalue weighted by molar-refractivity contribution is 6.30. The van der Waals surface area contributed by atoms with E-state index in [1.807, 2.05) is 47.4 Å². The molecule has 0 unspecified atom stereocenters. The van der Waals surface area contributed by atoms with Gasteiger partial charge < -0.3 is 10.6 Å². The molecule has 0 aromatic heterocycles. The molecule has 1 aliphatic heterocycles. The summed E-state index contributed by atoms with van der Waals surface area (Å²) in [7, 11) is 0.